The van der Waals surface area contributed by atoms with Crippen molar-refractivity contribution in [1.82, 2.24) is 0 Å². The van der Waals surface area contributed by atoms with Gasteiger partial charge in [0.05, 0.1) is 11.4 Å². The molecule has 6 heteroatoms. The van der Waals surface area contributed by atoms with Gasteiger partial charge >= 0.3 is 0 Å². The van der Waals surface area contributed by atoms with Crippen LogP contribution in [0, 0.1) is 0 Å². The zero-order valence-corrected chi connectivity index (χ0v) is 60.4. The fraction of sp³-hybridized carbons (Fsp3) is 0.170. The van der Waals surface area contributed by atoms with Crippen LogP contribution in [0.5, 0.6) is 0 Å². The summed E-state index contributed by atoms with van der Waals surface area (Å²) >= 11 is 1.95. The molecule has 0 bridgehead atoms. The molecular formula is C94H83B2N3S. The number of anilines is 9. The highest BCUT2D eigenvalue weighted by molar-refractivity contribution is 8.00. The van der Waals surface area contributed by atoms with Crippen LogP contribution in [0.25, 0.3) is 55.6 Å². The number of fused-ring (bicyclic) bond motifs is 8. The maximum atomic E-state index is 2.72. The molecular weight excluding hydrogens is 1220 g/mol. The molecule has 0 aromatic heterocycles. The SMILES string of the molecule is CC(C)(C)c1ccc(N2c3cc4c(cc3B3c5ccc(C(C)(C)C)cc5N(c5c(-c6ccccc6)cccc5-c5ccccc5)c5cc(C(C)(C)C)cc2c53)B2c3ccc(C(C)(C)C)cc3Sc3cc(-c5ccccc5)cc(c32)N4c2c(-c3ccccc3)cccc2-c2ccccc2)cc1. The molecule has 3 nitrogen and oxygen atoms in total. The van der Waals surface area contributed by atoms with E-state index in [1.54, 1.807) is 0 Å². The van der Waals surface area contributed by atoms with Gasteiger partial charge in [0, 0.05) is 71.9 Å². The van der Waals surface area contributed by atoms with Crippen LogP contribution >= 0.6 is 11.8 Å². The molecule has 0 amide bonds. The van der Waals surface area contributed by atoms with E-state index in [9.17, 15) is 0 Å². The largest absolute Gasteiger partial charge is 0.311 e. The van der Waals surface area contributed by atoms with Crippen molar-refractivity contribution in [2.24, 2.45) is 0 Å². The Bertz CT molecular complexity index is 5260. The maximum Gasteiger partial charge on any atom is 0.252 e. The second-order valence-electron chi connectivity index (χ2n) is 32.1. The third-order valence-electron chi connectivity index (χ3n) is 21.5. The molecule has 0 aliphatic carbocycles. The summed E-state index contributed by atoms with van der Waals surface area (Å²) in [6.07, 6.45) is 0. The van der Waals surface area contributed by atoms with Crippen LogP contribution in [-0.2, 0) is 21.7 Å². The number of benzene rings is 13. The van der Waals surface area contributed by atoms with Crippen molar-refractivity contribution in [3.8, 4) is 55.6 Å². The molecule has 0 saturated heterocycles. The first-order chi connectivity index (χ1) is 48.2. The first kappa shape index (κ1) is 63.2. The lowest BCUT2D eigenvalue weighted by atomic mass is 9.30. The molecule has 4 aliphatic heterocycles. The first-order valence-corrected chi connectivity index (χ1v) is 36.5. The Labute approximate surface area is 597 Å². The molecule has 0 radical (unpaired) electrons. The molecule has 486 valence electrons. The van der Waals surface area contributed by atoms with Gasteiger partial charge in [-0.15, -0.1) is 0 Å². The third kappa shape index (κ3) is 10.6. The molecule has 0 atom stereocenters. The van der Waals surface area contributed by atoms with Gasteiger partial charge in [0.15, 0.2) is 0 Å². The highest BCUT2D eigenvalue weighted by Gasteiger charge is 2.49. The van der Waals surface area contributed by atoms with Crippen LogP contribution in [0.4, 0.5) is 51.2 Å². The number of hydrogen-bond donors (Lipinski definition) is 0. The van der Waals surface area contributed by atoms with E-state index >= 15 is 0 Å². The molecule has 0 saturated carbocycles. The average molecular weight is 1310 g/mol. The average Bonchev–Trinajstić information content (AvgIpc) is 0.683. The van der Waals surface area contributed by atoms with E-state index in [4.69, 9.17) is 0 Å². The van der Waals surface area contributed by atoms with E-state index < -0.39 is 0 Å². The summed E-state index contributed by atoms with van der Waals surface area (Å²) in [5.41, 5.74) is 34.8. The van der Waals surface area contributed by atoms with Crippen molar-refractivity contribution in [3.05, 3.63) is 307 Å². The molecule has 17 rings (SSSR count). The zero-order chi connectivity index (χ0) is 68.7. The molecule has 13 aromatic carbocycles. The van der Waals surface area contributed by atoms with Gasteiger partial charge in [-0.25, -0.2) is 0 Å². The molecule has 0 N–H and O–H groups in total. The van der Waals surface area contributed by atoms with Gasteiger partial charge in [0.1, 0.15) is 0 Å². The lowest BCUT2D eigenvalue weighted by Gasteiger charge is -2.48. The van der Waals surface area contributed by atoms with Crippen molar-refractivity contribution in [2.75, 3.05) is 14.7 Å². The van der Waals surface area contributed by atoms with E-state index in [0.717, 1.165) is 11.4 Å². The lowest BCUT2D eigenvalue weighted by molar-refractivity contribution is 0.589. The van der Waals surface area contributed by atoms with Gasteiger partial charge in [-0.1, -0.05) is 331 Å². The van der Waals surface area contributed by atoms with Gasteiger partial charge < -0.3 is 14.7 Å². The van der Waals surface area contributed by atoms with Gasteiger partial charge in [-0.3, -0.25) is 0 Å². The van der Waals surface area contributed by atoms with Crippen LogP contribution in [0.3, 0.4) is 0 Å². The molecule has 13 aromatic rings. The van der Waals surface area contributed by atoms with E-state index in [1.807, 2.05) is 11.8 Å². The molecule has 0 spiro atoms. The standard InChI is InChI=1S/C94H83B2N3S/c1-91(2,3)66-44-48-70(49-45-66)97-80-59-81-78(58-77(80)95-75-50-46-67(92(4,5)6)54-79(75)98(84-56-69(94(10,11)12)55-83(97)87(84)95)89-71(61-32-20-14-21-33-61)40-28-41-72(89)62-34-22-15-23-35-62)96-76-51-47-68(93(7,8)9)57-85(76)100-86-53-65(60-30-18-13-19-31-60)52-82(88(86)96)99(81)90-73(63-36-24-16-25-37-63)42-29-43-74(90)64-38-26-17-27-39-64/h13-59H,1-12H3. The van der Waals surface area contributed by atoms with Gasteiger partial charge in [0.25, 0.3) is 6.71 Å². The molecule has 100 heavy (non-hydrogen) atoms. The topological polar surface area (TPSA) is 9.72 Å². The summed E-state index contributed by atoms with van der Waals surface area (Å²) in [4.78, 5) is 10.7. The second kappa shape index (κ2) is 23.7. The summed E-state index contributed by atoms with van der Waals surface area (Å²) in [6, 6.07) is 110. The molecule has 4 aliphatic rings. The van der Waals surface area contributed by atoms with Crippen molar-refractivity contribution in [2.45, 2.75) is 115 Å². The fourth-order valence-corrected chi connectivity index (χ4v) is 17.5. The quantitative estimate of drug-likeness (QED) is 0.140. The normalized spacial score (nSPS) is 13.7. The third-order valence-corrected chi connectivity index (χ3v) is 22.6. The summed E-state index contributed by atoms with van der Waals surface area (Å²) in [7, 11) is 0. The Morgan fingerprint density at radius 2 is 0.610 bits per heavy atom. The van der Waals surface area contributed by atoms with Crippen molar-refractivity contribution < 1.29 is 0 Å². The Morgan fingerprint density at radius 3 is 1.07 bits per heavy atom. The maximum absolute atomic E-state index is 2.72. The molecule has 4 heterocycles. The van der Waals surface area contributed by atoms with E-state index in [2.05, 4.69) is 383 Å². The second-order valence-corrected chi connectivity index (χ2v) is 33.2. The monoisotopic (exact) mass is 1310 g/mol. The Balaban J connectivity index is 1.05. The minimum absolute atomic E-state index is 0.0622. The Kier molecular flexibility index (Phi) is 15.0. The lowest BCUT2D eigenvalue weighted by Crippen LogP contribution is -2.65. The van der Waals surface area contributed by atoms with Gasteiger partial charge in [0.2, 0.25) is 6.71 Å². The van der Waals surface area contributed by atoms with Gasteiger partial charge in [-0.2, -0.15) is 0 Å². The van der Waals surface area contributed by atoms with Crippen LogP contribution in [0.15, 0.2) is 295 Å². The number of rotatable bonds is 8. The molecule has 0 fully saturated rings. The van der Waals surface area contributed by atoms with Crippen LogP contribution in [0.2, 0.25) is 0 Å². The number of nitrogens with zero attached hydrogens (tertiary/aromatic N) is 3. The van der Waals surface area contributed by atoms with E-state index in [1.165, 1.54) is 160 Å². The van der Waals surface area contributed by atoms with Crippen LogP contribution < -0.4 is 47.5 Å². The van der Waals surface area contributed by atoms with Crippen molar-refractivity contribution in [3.63, 3.8) is 0 Å². The minimum atomic E-state index is -0.262. The summed E-state index contributed by atoms with van der Waals surface area (Å²) in [5, 5.41) is 0. The summed E-state index contributed by atoms with van der Waals surface area (Å²) in [6.45, 7) is 28.0. The van der Waals surface area contributed by atoms with E-state index in [-0.39, 0.29) is 35.1 Å². The Morgan fingerprint density at radius 1 is 0.240 bits per heavy atom. The van der Waals surface area contributed by atoms with Crippen LogP contribution in [0.1, 0.15) is 105 Å². The van der Waals surface area contributed by atoms with Crippen molar-refractivity contribution in [1.29, 1.82) is 0 Å². The summed E-state index contributed by atoms with van der Waals surface area (Å²) in [5.74, 6) is 0. The van der Waals surface area contributed by atoms with Crippen LogP contribution in [-0.4, -0.2) is 13.4 Å². The first-order valence-electron chi connectivity index (χ1n) is 35.7. The Hall–Kier alpha value is -10.3. The fourth-order valence-electron chi connectivity index (χ4n) is 16.2. The summed E-state index contributed by atoms with van der Waals surface area (Å²) < 4.78 is 0. The molecule has 0 unspecified atom stereocenters. The number of para-hydroxylation sites is 2. The van der Waals surface area contributed by atoms with E-state index in [0.29, 0.717) is 0 Å². The highest BCUT2D eigenvalue weighted by atomic mass is 32.2. The zero-order valence-electron chi connectivity index (χ0n) is 59.5. The smallest absolute Gasteiger partial charge is 0.252 e. The van der Waals surface area contributed by atoms with Crippen molar-refractivity contribution >= 4 is 109 Å². The predicted molar refractivity (Wildman–Crippen MR) is 432 cm³/mol. The van der Waals surface area contributed by atoms with Gasteiger partial charge in [-0.05, 0) is 159 Å². The predicted octanol–water partition coefficient (Wildman–Crippen LogP) is 22.1. The number of hydrogen-bond acceptors (Lipinski definition) is 4. The minimum Gasteiger partial charge on any atom is -0.311 e. The highest BCUT2D eigenvalue weighted by Crippen LogP contribution is 2.55.